The van der Waals surface area contributed by atoms with Gasteiger partial charge in [-0.05, 0) is 33.6 Å². The third-order valence-corrected chi connectivity index (χ3v) is 4.18. The summed E-state index contributed by atoms with van der Waals surface area (Å²) in [6, 6.07) is -0.0137. The molecule has 114 valence electrons. The molecule has 2 aromatic rings. The van der Waals surface area contributed by atoms with Crippen LogP contribution in [0.15, 0.2) is 8.94 Å². The Balaban J connectivity index is 1.58. The molecule has 2 aromatic heterocycles. The van der Waals surface area contributed by atoms with Crippen molar-refractivity contribution < 1.29 is 8.94 Å². The van der Waals surface area contributed by atoms with Crippen molar-refractivity contribution in [3.05, 3.63) is 29.1 Å². The van der Waals surface area contributed by atoms with Gasteiger partial charge in [-0.3, -0.25) is 5.32 Å². The average Bonchev–Trinajstić information content (AvgIpc) is 3.17. The van der Waals surface area contributed by atoms with Crippen LogP contribution in [-0.2, 0) is 6.54 Å². The molecule has 0 saturated heterocycles. The van der Waals surface area contributed by atoms with Crippen LogP contribution in [0.1, 0.15) is 73.6 Å². The third kappa shape index (κ3) is 3.15. The number of aryl methyl sites for hydroxylation is 2. The van der Waals surface area contributed by atoms with Gasteiger partial charge in [-0.15, -0.1) is 0 Å². The van der Waals surface area contributed by atoms with Crippen molar-refractivity contribution in [3.8, 4) is 0 Å². The lowest BCUT2D eigenvalue weighted by Gasteiger charge is -2.07. The third-order valence-electron chi connectivity index (χ3n) is 4.18. The van der Waals surface area contributed by atoms with E-state index in [-0.39, 0.29) is 6.04 Å². The Labute approximate surface area is 124 Å². The molecule has 1 fully saturated rings. The molecule has 21 heavy (non-hydrogen) atoms. The summed E-state index contributed by atoms with van der Waals surface area (Å²) in [5, 5.41) is 7.43. The zero-order valence-corrected chi connectivity index (χ0v) is 12.8. The monoisotopic (exact) mass is 290 g/mol. The number of hydrogen-bond acceptors (Lipinski definition) is 6. The molecule has 2 heterocycles. The average molecular weight is 290 g/mol. The first-order valence-electron chi connectivity index (χ1n) is 7.63. The summed E-state index contributed by atoms with van der Waals surface area (Å²) < 4.78 is 10.9. The van der Waals surface area contributed by atoms with Crippen LogP contribution in [0, 0.1) is 13.8 Å². The van der Waals surface area contributed by atoms with E-state index in [1.165, 1.54) is 25.7 Å². The van der Waals surface area contributed by atoms with Crippen LogP contribution in [0.25, 0.3) is 0 Å². The molecule has 0 aromatic carbocycles. The maximum atomic E-state index is 5.55. The standard InChI is InChI=1S/C15H22N4O2/c1-9-11(3)20-13(17-9)8-16-10(2)15-18-14(19-21-15)12-6-4-5-7-12/h10,12,16H,4-8H2,1-3H3. The van der Waals surface area contributed by atoms with Gasteiger partial charge in [-0.2, -0.15) is 4.98 Å². The molecule has 0 aliphatic heterocycles. The molecule has 1 unspecified atom stereocenters. The van der Waals surface area contributed by atoms with Gasteiger partial charge in [-0.25, -0.2) is 4.98 Å². The Bertz CT molecular complexity index is 579. The minimum atomic E-state index is -0.0137. The zero-order chi connectivity index (χ0) is 14.8. The van der Waals surface area contributed by atoms with Crippen molar-refractivity contribution in [2.45, 2.75) is 65.0 Å². The first-order valence-corrected chi connectivity index (χ1v) is 7.63. The van der Waals surface area contributed by atoms with Crippen molar-refractivity contribution >= 4 is 0 Å². The fourth-order valence-corrected chi connectivity index (χ4v) is 2.72. The molecule has 6 heteroatoms. The highest BCUT2D eigenvalue weighted by atomic mass is 16.5. The molecule has 0 spiro atoms. The molecular formula is C15H22N4O2. The van der Waals surface area contributed by atoms with E-state index in [0.717, 1.165) is 17.3 Å². The minimum Gasteiger partial charge on any atom is -0.444 e. The van der Waals surface area contributed by atoms with Gasteiger partial charge < -0.3 is 8.94 Å². The van der Waals surface area contributed by atoms with E-state index >= 15 is 0 Å². The molecule has 3 rings (SSSR count). The normalized spacial score (nSPS) is 17.5. The Morgan fingerprint density at radius 3 is 2.67 bits per heavy atom. The number of aromatic nitrogens is 3. The van der Waals surface area contributed by atoms with E-state index in [4.69, 9.17) is 8.94 Å². The second-order valence-corrected chi connectivity index (χ2v) is 5.82. The molecule has 1 atom stereocenters. The Morgan fingerprint density at radius 1 is 1.24 bits per heavy atom. The van der Waals surface area contributed by atoms with E-state index in [9.17, 15) is 0 Å². The number of nitrogens with zero attached hydrogens (tertiary/aromatic N) is 3. The van der Waals surface area contributed by atoms with Crippen LogP contribution in [0.5, 0.6) is 0 Å². The summed E-state index contributed by atoms with van der Waals surface area (Å²) in [7, 11) is 0. The van der Waals surface area contributed by atoms with Crippen LogP contribution < -0.4 is 5.32 Å². The summed E-state index contributed by atoms with van der Waals surface area (Å²) in [4.78, 5) is 8.88. The molecule has 1 aliphatic carbocycles. The SMILES string of the molecule is Cc1nc(CNC(C)c2nc(C3CCCC3)no2)oc1C. The van der Waals surface area contributed by atoms with Crippen molar-refractivity contribution in [2.24, 2.45) is 0 Å². The lowest BCUT2D eigenvalue weighted by atomic mass is 10.1. The van der Waals surface area contributed by atoms with Gasteiger partial charge in [0.05, 0.1) is 18.3 Å². The van der Waals surface area contributed by atoms with Crippen molar-refractivity contribution in [3.63, 3.8) is 0 Å². The van der Waals surface area contributed by atoms with E-state index in [2.05, 4.69) is 20.4 Å². The van der Waals surface area contributed by atoms with Gasteiger partial charge >= 0.3 is 0 Å². The molecule has 1 saturated carbocycles. The van der Waals surface area contributed by atoms with Crippen LogP contribution in [0.2, 0.25) is 0 Å². The number of rotatable bonds is 5. The Hall–Kier alpha value is -1.69. The molecule has 1 aliphatic rings. The van der Waals surface area contributed by atoms with Gasteiger partial charge in [0.15, 0.2) is 5.82 Å². The van der Waals surface area contributed by atoms with Crippen LogP contribution in [0.4, 0.5) is 0 Å². The highest BCUT2D eigenvalue weighted by Gasteiger charge is 2.23. The van der Waals surface area contributed by atoms with Gasteiger partial charge in [0.2, 0.25) is 11.8 Å². The van der Waals surface area contributed by atoms with Crippen LogP contribution in [0.3, 0.4) is 0 Å². The lowest BCUT2D eigenvalue weighted by Crippen LogP contribution is -2.18. The van der Waals surface area contributed by atoms with Crippen molar-refractivity contribution in [2.75, 3.05) is 0 Å². The predicted molar refractivity (Wildman–Crippen MR) is 76.7 cm³/mol. The number of oxazole rings is 1. The van der Waals surface area contributed by atoms with Gasteiger partial charge in [-0.1, -0.05) is 18.0 Å². The Morgan fingerprint density at radius 2 is 2.00 bits per heavy atom. The summed E-state index contributed by atoms with van der Waals surface area (Å²) in [6.07, 6.45) is 4.89. The van der Waals surface area contributed by atoms with Gasteiger partial charge in [0.1, 0.15) is 5.76 Å². The molecule has 0 amide bonds. The summed E-state index contributed by atoms with van der Waals surface area (Å²) in [6.45, 7) is 6.42. The van der Waals surface area contributed by atoms with Crippen LogP contribution >= 0.6 is 0 Å². The summed E-state index contributed by atoms with van der Waals surface area (Å²) in [5.74, 6) is 3.52. The van der Waals surface area contributed by atoms with Crippen LogP contribution in [-0.4, -0.2) is 15.1 Å². The summed E-state index contributed by atoms with van der Waals surface area (Å²) in [5.41, 5.74) is 0.931. The molecule has 0 bridgehead atoms. The minimum absolute atomic E-state index is 0.0137. The highest BCUT2D eigenvalue weighted by molar-refractivity contribution is 5.05. The van der Waals surface area contributed by atoms with Gasteiger partial charge in [0, 0.05) is 5.92 Å². The first-order chi connectivity index (χ1) is 10.1. The fraction of sp³-hybridized carbons (Fsp3) is 0.667. The van der Waals surface area contributed by atoms with Gasteiger partial charge in [0.25, 0.3) is 0 Å². The second kappa shape index (κ2) is 5.97. The predicted octanol–water partition coefficient (Wildman–Crippen LogP) is 3.18. The molecule has 1 N–H and O–H groups in total. The topological polar surface area (TPSA) is 77.0 Å². The quantitative estimate of drug-likeness (QED) is 0.911. The van der Waals surface area contributed by atoms with E-state index in [0.29, 0.717) is 24.2 Å². The van der Waals surface area contributed by atoms with E-state index < -0.39 is 0 Å². The lowest BCUT2D eigenvalue weighted by molar-refractivity contribution is 0.327. The van der Waals surface area contributed by atoms with E-state index in [1.807, 2.05) is 20.8 Å². The van der Waals surface area contributed by atoms with E-state index in [1.54, 1.807) is 0 Å². The zero-order valence-electron chi connectivity index (χ0n) is 12.8. The Kier molecular flexibility index (Phi) is 4.05. The maximum Gasteiger partial charge on any atom is 0.243 e. The summed E-state index contributed by atoms with van der Waals surface area (Å²) >= 11 is 0. The fourth-order valence-electron chi connectivity index (χ4n) is 2.72. The first kappa shape index (κ1) is 14.3. The smallest absolute Gasteiger partial charge is 0.243 e. The van der Waals surface area contributed by atoms with Crippen molar-refractivity contribution in [1.82, 2.24) is 20.4 Å². The largest absolute Gasteiger partial charge is 0.444 e. The molecule has 6 nitrogen and oxygen atoms in total. The maximum absolute atomic E-state index is 5.55. The van der Waals surface area contributed by atoms with Crippen molar-refractivity contribution in [1.29, 1.82) is 0 Å². The number of nitrogens with one attached hydrogen (secondary N) is 1. The molecule has 0 radical (unpaired) electrons. The molecular weight excluding hydrogens is 268 g/mol. The number of hydrogen-bond donors (Lipinski definition) is 1. The highest BCUT2D eigenvalue weighted by Crippen LogP contribution is 2.32. The second-order valence-electron chi connectivity index (χ2n) is 5.82.